The molecule has 17 heavy (non-hydrogen) atoms. The number of aromatic nitrogens is 2. The summed E-state index contributed by atoms with van der Waals surface area (Å²) >= 11 is 0. The van der Waals surface area contributed by atoms with Crippen molar-refractivity contribution in [1.82, 2.24) is 9.97 Å². The van der Waals surface area contributed by atoms with Crippen LogP contribution in [0.15, 0.2) is 12.1 Å². The van der Waals surface area contributed by atoms with Crippen LogP contribution in [0.5, 0.6) is 5.75 Å². The molecule has 1 aromatic carbocycles. The molecule has 0 fully saturated rings. The Morgan fingerprint density at radius 2 is 2.18 bits per heavy atom. The molecular weight excluding hydrogens is 222 g/mol. The average molecular weight is 235 g/mol. The highest BCUT2D eigenvalue weighted by atomic mass is 16.6. The molecule has 1 N–H and O–H groups in total. The fourth-order valence-corrected chi connectivity index (χ4v) is 1.63. The summed E-state index contributed by atoms with van der Waals surface area (Å²) in [6.45, 7) is 4.01. The molecule has 0 spiro atoms. The number of nitrogens with zero attached hydrogens (tertiary/aromatic N) is 2. The molecule has 0 saturated heterocycles. The molecule has 0 amide bonds. The SMILES string of the molecule is COc1cc2[nH]c(C(C)C)nc2cc1[N+](=O)[O-]. The lowest BCUT2D eigenvalue weighted by atomic mass is 10.2. The van der Waals surface area contributed by atoms with E-state index in [0.717, 1.165) is 11.3 Å². The maximum atomic E-state index is 10.9. The van der Waals surface area contributed by atoms with E-state index in [0.29, 0.717) is 5.52 Å². The predicted octanol–water partition coefficient (Wildman–Crippen LogP) is 2.60. The van der Waals surface area contributed by atoms with Gasteiger partial charge in [0.2, 0.25) is 0 Å². The van der Waals surface area contributed by atoms with Crippen LogP contribution in [0.2, 0.25) is 0 Å². The predicted molar refractivity (Wildman–Crippen MR) is 63.4 cm³/mol. The number of hydrogen-bond acceptors (Lipinski definition) is 4. The minimum Gasteiger partial charge on any atom is -0.490 e. The quantitative estimate of drug-likeness (QED) is 0.654. The Bertz CT molecular complexity index is 575. The van der Waals surface area contributed by atoms with Crippen LogP contribution >= 0.6 is 0 Å². The molecule has 6 nitrogen and oxygen atoms in total. The Balaban J connectivity index is 2.65. The highest BCUT2D eigenvalue weighted by Gasteiger charge is 2.18. The number of hydrogen-bond donors (Lipinski definition) is 1. The molecule has 6 heteroatoms. The van der Waals surface area contributed by atoms with Gasteiger partial charge in [0, 0.05) is 18.1 Å². The molecule has 90 valence electrons. The molecule has 1 heterocycles. The van der Waals surface area contributed by atoms with Gasteiger partial charge in [0.05, 0.1) is 23.1 Å². The summed E-state index contributed by atoms with van der Waals surface area (Å²) in [5, 5.41) is 10.9. The second kappa shape index (κ2) is 4.04. The topological polar surface area (TPSA) is 81.0 Å². The van der Waals surface area contributed by atoms with Crippen molar-refractivity contribution in [2.45, 2.75) is 19.8 Å². The minimum absolute atomic E-state index is 0.0678. The zero-order valence-electron chi connectivity index (χ0n) is 9.85. The summed E-state index contributed by atoms with van der Waals surface area (Å²) in [4.78, 5) is 17.8. The number of benzene rings is 1. The fourth-order valence-electron chi connectivity index (χ4n) is 1.63. The second-order valence-corrected chi connectivity index (χ2v) is 4.08. The Morgan fingerprint density at radius 1 is 1.47 bits per heavy atom. The number of ether oxygens (including phenoxy) is 1. The number of nitro groups is 1. The highest BCUT2D eigenvalue weighted by Crippen LogP contribution is 2.31. The maximum absolute atomic E-state index is 10.9. The highest BCUT2D eigenvalue weighted by molar-refractivity contribution is 5.81. The van der Waals surface area contributed by atoms with Crippen molar-refractivity contribution in [1.29, 1.82) is 0 Å². The van der Waals surface area contributed by atoms with Crippen molar-refractivity contribution >= 4 is 16.7 Å². The normalized spacial score (nSPS) is 11.1. The number of nitrogens with one attached hydrogen (secondary N) is 1. The Hall–Kier alpha value is -2.11. The Kier molecular flexibility index (Phi) is 2.71. The van der Waals surface area contributed by atoms with Crippen LogP contribution < -0.4 is 4.74 Å². The lowest BCUT2D eigenvalue weighted by Crippen LogP contribution is -1.93. The van der Waals surface area contributed by atoms with Gasteiger partial charge in [0.1, 0.15) is 5.82 Å². The molecule has 2 aromatic rings. The van der Waals surface area contributed by atoms with E-state index in [4.69, 9.17) is 4.74 Å². The van der Waals surface area contributed by atoms with Crippen LogP contribution in [-0.2, 0) is 0 Å². The van der Waals surface area contributed by atoms with Gasteiger partial charge >= 0.3 is 5.69 Å². The van der Waals surface area contributed by atoms with E-state index in [1.165, 1.54) is 13.2 Å². The first-order valence-electron chi connectivity index (χ1n) is 5.25. The molecule has 0 unspecified atom stereocenters. The van der Waals surface area contributed by atoms with Crippen molar-refractivity contribution in [3.63, 3.8) is 0 Å². The largest absolute Gasteiger partial charge is 0.490 e. The number of imidazole rings is 1. The van der Waals surface area contributed by atoms with Crippen molar-refractivity contribution in [3.05, 3.63) is 28.1 Å². The first-order valence-corrected chi connectivity index (χ1v) is 5.25. The minimum atomic E-state index is -0.470. The van der Waals surface area contributed by atoms with Crippen LogP contribution in [0.25, 0.3) is 11.0 Å². The van der Waals surface area contributed by atoms with E-state index in [1.807, 2.05) is 13.8 Å². The fraction of sp³-hybridized carbons (Fsp3) is 0.364. The molecule has 1 aromatic heterocycles. The van der Waals surface area contributed by atoms with Crippen molar-refractivity contribution in [3.8, 4) is 5.75 Å². The van der Waals surface area contributed by atoms with Gasteiger partial charge in [-0.3, -0.25) is 10.1 Å². The third-order valence-corrected chi connectivity index (χ3v) is 2.54. The molecular formula is C11H13N3O3. The zero-order chi connectivity index (χ0) is 12.6. The van der Waals surface area contributed by atoms with E-state index in [1.54, 1.807) is 6.07 Å². The van der Waals surface area contributed by atoms with Crippen LogP contribution in [0.1, 0.15) is 25.6 Å². The summed E-state index contributed by atoms with van der Waals surface area (Å²) in [6, 6.07) is 3.03. The van der Waals surface area contributed by atoms with Crippen molar-refractivity contribution < 1.29 is 9.66 Å². The summed E-state index contributed by atoms with van der Waals surface area (Å²) in [7, 11) is 1.41. The zero-order valence-corrected chi connectivity index (χ0v) is 9.85. The lowest BCUT2D eigenvalue weighted by molar-refractivity contribution is -0.385. The molecule has 0 aliphatic carbocycles. The van der Waals surface area contributed by atoms with Crippen LogP contribution in [-0.4, -0.2) is 22.0 Å². The average Bonchev–Trinajstić information content (AvgIpc) is 2.69. The number of nitro benzene ring substituents is 1. The van der Waals surface area contributed by atoms with Crippen LogP contribution in [0, 0.1) is 10.1 Å². The summed E-state index contributed by atoms with van der Waals surface area (Å²) < 4.78 is 5.00. The van der Waals surface area contributed by atoms with Gasteiger partial charge in [-0.25, -0.2) is 4.98 Å². The first-order chi connectivity index (χ1) is 8.02. The lowest BCUT2D eigenvalue weighted by Gasteiger charge is -2.00. The van der Waals surface area contributed by atoms with Crippen molar-refractivity contribution in [2.75, 3.05) is 7.11 Å². The van der Waals surface area contributed by atoms with Gasteiger partial charge in [-0.15, -0.1) is 0 Å². The molecule has 0 atom stereocenters. The third kappa shape index (κ3) is 1.93. The van der Waals surface area contributed by atoms with Gasteiger partial charge in [0.15, 0.2) is 5.75 Å². The third-order valence-electron chi connectivity index (χ3n) is 2.54. The van der Waals surface area contributed by atoms with Crippen LogP contribution in [0.4, 0.5) is 5.69 Å². The van der Waals surface area contributed by atoms with E-state index in [-0.39, 0.29) is 17.4 Å². The monoisotopic (exact) mass is 235 g/mol. The van der Waals surface area contributed by atoms with Crippen molar-refractivity contribution in [2.24, 2.45) is 0 Å². The van der Waals surface area contributed by atoms with Gasteiger partial charge in [-0.1, -0.05) is 13.8 Å². The number of methoxy groups -OCH3 is 1. The molecule has 0 saturated carbocycles. The maximum Gasteiger partial charge on any atom is 0.313 e. The Morgan fingerprint density at radius 3 is 2.71 bits per heavy atom. The number of aromatic amines is 1. The van der Waals surface area contributed by atoms with E-state index in [9.17, 15) is 10.1 Å². The first kappa shape index (κ1) is 11.4. The molecule has 0 aliphatic rings. The number of rotatable bonds is 3. The summed E-state index contributed by atoms with van der Waals surface area (Å²) in [6.07, 6.45) is 0. The van der Waals surface area contributed by atoms with Gasteiger partial charge < -0.3 is 9.72 Å². The Labute approximate surface area is 97.8 Å². The van der Waals surface area contributed by atoms with Gasteiger partial charge in [0.25, 0.3) is 0 Å². The molecule has 2 rings (SSSR count). The van der Waals surface area contributed by atoms with Gasteiger partial charge in [-0.2, -0.15) is 0 Å². The smallest absolute Gasteiger partial charge is 0.313 e. The molecule has 0 aliphatic heterocycles. The van der Waals surface area contributed by atoms with Crippen LogP contribution in [0.3, 0.4) is 0 Å². The van der Waals surface area contributed by atoms with E-state index in [2.05, 4.69) is 9.97 Å². The molecule has 0 radical (unpaired) electrons. The standard InChI is InChI=1S/C11H13N3O3/c1-6(2)11-12-7-4-9(14(15)16)10(17-3)5-8(7)13-11/h4-6H,1-3H3,(H,12,13). The summed E-state index contributed by atoms with van der Waals surface area (Å²) in [5.74, 6) is 1.29. The van der Waals surface area contributed by atoms with E-state index < -0.39 is 4.92 Å². The molecule has 0 bridgehead atoms. The number of fused-ring (bicyclic) bond motifs is 1. The number of H-pyrrole nitrogens is 1. The van der Waals surface area contributed by atoms with E-state index >= 15 is 0 Å². The van der Waals surface area contributed by atoms with Gasteiger partial charge in [-0.05, 0) is 0 Å². The summed E-state index contributed by atoms with van der Waals surface area (Å²) in [5.41, 5.74) is 1.26. The second-order valence-electron chi connectivity index (χ2n) is 4.08.